The molecule has 0 bridgehead atoms. The Kier molecular flexibility index (Phi) is 5.80. The summed E-state index contributed by atoms with van der Waals surface area (Å²) in [6.07, 6.45) is 1.66. The van der Waals surface area contributed by atoms with Crippen LogP contribution in [-0.4, -0.2) is 28.8 Å². The third-order valence-corrected chi connectivity index (χ3v) is 4.35. The second-order valence-corrected chi connectivity index (χ2v) is 6.26. The molecule has 1 aliphatic heterocycles. The predicted octanol–water partition coefficient (Wildman–Crippen LogP) is 4.11. The fourth-order valence-corrected chi connectivity index (χ4v) is 2.88. The molecular weight excluding hydrogens is 348 g/mol. The van der Waals surface area contributed by atoms with E-state index >= 15 is 0 Å². The molecule has 0 N–H and O–H groups in total. The molecule has 140 valence electrons. The van der Waals surface area contributed by atoms with Gasteiger partial charge in [-0.1, -0.05) is 48.8 Å². The summed E-state index contributed by atoms with van der Waals surface area (Å²) in [4.78, 5) is 28.4. The summed E-state index contributed by atoms with van der Waals surface area (Å²) in [5, 5.41) is 14.9. The van der Waals surface area contributed by atoms with Crippen molar-refractivity contribution in [1.29, 1.82) is 0 Å². The molecule has 2 atom stereocenters. The van der Waals surface area contributed by atoms with E-state index in [4.69, 9.17) is 9.57 Å². The molecule has 0 saturated carbocycles. The van der Waals surface area contributed by atoms with Crippen molar-refractivity contribution in [2.45, 2.75) is 38.4 Å². The lowest BCUT2D eigenvalue weighted by molar-refractivity contribution is -0.384. The summed E-state index contributed by atoms with van der Waals surface area (Å²) < 4.78 is 5.71. The van der Waals surface area contributed by atoms with Crippen molar-refractivity contribution in [2.24, 2.45) is 5.16 Å². The SMILES string of the molecule is CCCC[C@@H]1ON=C(c2ccccc2)[C@@H]1OC(=O)c1ccc([N+](=O)[O-])cc1. The third kappa shape index (κ3) is 4.31. The van der Waals surface area contributed by atoms with Crippen LogP contribution in [0.5, 0.6) is 0 Å². The van der Waals surface area contributed by atoms with Crippen molar-refractivity contribution in [3.05, 3.63) is 75.8 Å². The van der Waals surface area contributed by atoms with Crippen molar-refractivity contribution < 1.29 is 19.3 Å². The molecule has 1 aliphatic rings. The molecule has 7 nitrogen and oxygen atoms in total. The number of carbonyl (C=O) groups excluding carboxylic acids is 1. The van der Waals surface area contributed by atoms with E-state index in [1.54, 1.807) is 0 Å². The molecule has 0 aromatic heterocycles. The highest BCUT2D eigenvalue weighted by molar-refractivity contribution is 6.06. The number of esters is 1. The number of hydrogen-bond donors (Lipinski definition) is 0. The lowest BCUT2D eigenvalue weighted by Crippen LogP contribution is -2.35. The quantitative estimate of drug-likeness (QED) is 0.417. The number of carbonyl (C=O) groups is 1. The van der Waals surface area contributed by atoms with Crippen LogP contribution < -0.4 is 0 Å². The fourth-order valence-electron chi connectivity index (χ4n) is 2.88. The summed E-state index contributed by atoms with van der Waals surface area (Å²) in [5.41, 5.74) is 1.57. The fraction of sp³-hybridized carbons (Fsp3) is 0.300. The van der Waals surface area contributed by atoms with E-state index in [-0.39, 0.29) is 17.4 Å². The number of nitro benzene ring substituents is 1. The first-order chi connectivity index (χ1) is 13.1. The van der Waals surface area contributed by atoms with Crippen LogP contribution in [0.1, 0.15) is 42.1 Å². The van der Waals surface area contributed by atoms with E-state index in [1.807, 2.05) is 30.3 Å². The van der Waals surface area contributed by atoms with E-state index in [0.717, 1.165) is 18.4 Å². The zero-order valence-electron chi connectivity index (χ0n) is 14.9. The minimum atomic E-state index is -0.623. The van der Waals surface area contributed by atoms with Gasteiger partial charge in [0.25, 0.3) is 5.69 Å². The maximum atomic E-state index is 12.6. The maximum Gasteiger partial charge on any atom is 0.338 e. The first-order valence-corrected chi connectivity index (χ1v) is 8.84. The lowest BCUT2D eigenvalue weighted by atomic mass is 9.98. The number of nitro groups is 1. The molecule has 3 rings (SSSR count). The number of nitrogens with zero attached hydrogens (tertiary/aromatic N) is 2. The summed E-state index contributed by atoms with van der Waals surface area (Å²) in [6, 6.07) is 14.8. The van der Waals surface area contributed by atoms with E-state index in [2.05, 4.69) is 12.1 Å². The van der Waals surface area contributed by atoms with Gasteiger partial charge < -0.3 is 9.57 Å². The number of non-ortho nitro benzene ring substituents is 1. The third-order valence-electron chi connectivity index (χ3n) is 4.35. The summed E-state index contributed by atoms with van der Waals surface area (Å²) >= 11 is 0. The molecule has 0 amide bonds. The van der Waals surface area contributed by atoms with Gasteiger partial charge in [-0.2, -0.15) is 0 Å². The number of ether oxygens (including phenoxy) is 1. The van der Waals surface area contributed by atoms with Gasteiger partial charge in [-0.15, -0.1) is 0 Å². The highest BCUT2D eigenvalue weighted by atomic mass is 16.7. The van der Waals surface area contributed by atoms with Crippen molar-refractivity contribution in [3.8, 4) is 0 Å². The molecule has 2 aromatic rings. The molecule has 0 fully saturated rings. The van der Waals surface area contributed by atoms with Crippen LogP contribution in [0.25, 0.3) is 0 Å². The minimum Gasteiger partial charge on any atom is -0.448 e. The molecule has 0 radical (unpaired) electrons. The van der Waals surface area contributed by atoms with Gasteiger partial charge in [0, 0.05) is 17.7 Å². The van der Waals surface area contributed by atoms with Gasteiger partial charge >= 0.3 is 5.97 Å². The Labute approximate surface area is 156 Å². The number of oxime groups is 1. The highest BCUT2D eigenvalue weighted by Crippen LogP contribution is 2.25. The van der Waals surface area contributed by atoms with Crippen molar-refractivity contribution in [3.63, 3.8) is 0 Å². The van der Waals surface area contributed by atoms with Crippen LogP contribution >= 0.6 is 0 Å². The second-order valence-electron chi connectivity index (χ2n) is 6.26. The zero-order valence-corrected chi connectivity index (χ0v) is 14.9. The van der Waals surface area contributed by atoms with Gasteiger partial charge in [0.2, 0.25) is 0 Å². The highest BCUT2D eigenvalue weighted by Gasteiger charge is 2.38. The largest absolute Gasteiger partial charge is 0.448 e. The predicted molar refractivity (Wildman–Crippen MR) is 99.7 cm³/mol. The van der Waals surface area contributed by atoms with E-state index < -0.39 is 17.0 Å². The monoisotopic (exact) mass is 368 g/mol. The van der Waals surface area contributed by atoms with Gasteiger partial charge in [-0.3, -0.25) is 10.1 Å². The van der Waals surface area contributed by atoms with Crippen LogP contribution in [0, 0.1) is 10.1 Å². The molecule has 0 aliphatic carbocycles. The number of unbranched alkanes of at least 4 members (excludes halogenated alkanes) is 1. The molecule has 7 heteroatoms. The Bertz CT molecular complexity index is 833. The average molecular weight is 368 g/mol. The standard InChI is InChI=1S/C20H20N2O5/c1-2-3-9-17-19(18(21-27-17)14-7-5-4-6-8-14)26-20(23)15-10-12-16(13-11-15)22(24)25/h4-8,10-13,17,19H,2-3,9H2,1H3/t17-,19+/m0/s1. The Morgan fingerprint density at radius 1 is 1.19 bits per heavy atom. The Hall–Kier alpha value is -3.22. The number of rotatable bonds is 7. The molecule has 1 heterocycles. The van der Waals surface area contributed by atoms with Crippen LogP contribution in [0.2, 0.25) is 0 Å². The number of hydrogen-bond acceptors (Lipinski definition) is 6. The van der Waals surface area contributed by atoms with E-state index in [1.165, 1.54) is 24.3 Å². The molecule has 27 heavy (non-hydrogen) atoms. The van der Waals surface area contributed by atoms with Crippen molar-refractivity contribution in [2.75, 3.05) is 0 Å². The van der Waals surface area contributed by atoms with Gasteiger partial charge in [-0.25, -0.2) is 4.79 Å². The van der Waals surface area contributed by atoms with Crippen LogP contribution in [0.15, 0.2) is 59.8 Å². The normalized spacial score (nSPS) is 18.5. The van der Waals surface area contributed by atoms with E-state index in [9.17, 15) is 14.9 Å². The van der Waals surface area contributed by atoms with Crippen LogP contribution in [0.3, 0.4) is 0 Å². The topological polar surface area (TPSA) is 91.0 Å². The Balaban J connectivity index is 1.79. The Morgan fingerprint density at radius 3 is 2.52 bits per heavy atom. The minimum absolute atomic E-state index is 0.0805. The first kappa shape index (κ1) is 18.6. The lowest BCUT2D eigenvalue weighted by Gasteiger charge is -2.19. The van der Waals surface area contributed by atoms with E-state index in [0.29, 0.717) is 12.1 Å². The number of benzene rings is 2. The van der Waals surface area contributed by atoms with Crippen LogP contribution in [0.4, 0.5) is 5.69 Å². The molecule has 2 aromatic carbocycles. The average Bonchev–Trinajstić information content (AvgIpc) is 3.09. The van der Waals surface area contributed by atoms with Gasteiger partial charge in [0.1, 0.15) is 5.71 Å². The van der Waals surface area contributed by atoms with Crippen molar-refractivity contribution in [1.82, 2.24) is 0 Å². The summed E-state index contributed by atoms with van der Waals surface area (Å²) in [5.74, 6) is -0.564. The maximum absolute atomic E-state index is 12.6. The first-order valence-electron chi connectivity index (χ1n) is 8.84. The second kappa shape index (κ2) is 8.44. The molecular formula is C20H20N2O5. The molecule has 0 saturated heterocycles. The van der Waals surface area contributed by atoms with Crippen LogP contribution in [-0.2, 0) is 9.57 Å². The zero-order chi connectivity index (χ0) is 19.2. The van der Waals surface area contributed by atoms with Gasteiger partial charge in [-0.05, 0) is 25.0 Å². The summed E-state index contributed by atoms with van der Waals surface area (Å²) in [6.45, 7) is 2.08. The summed E-state index contributed by atoms with van der Waals surface area (Å²) in [7, 11) is 0. The molecule has 0 spiro atoms. The Morgan fingerprint density at radius 2 is 1.89 bits per heavy atom. The van der Waals surface area contributed by atoms with Crippen molar-refractivity contribution >= 4 is 17.4 Å². The van der Waals surface area contributed by atoms with Gasteiger partial charge in [0.15, 0.2) is 12.2 Å². The molecule has 0 unspecified atom stereocenters. The van der Waals surface area contributed by atoms with Gasteiger partial charge in [0.05, 0.1) is 10.5 Å². The smallest absolute Gasteiger partial charge is 0.338 e.